The van der Waals surface area contributed by atoms with E-state index in [1.54, 1.807) is 12.1 Å². The molecule has 1 N–H and O–H groups in total. The fourth-order valence-electron chi connectivity index (χ4n) is 0.593. The van der Waals surface area contributed by atoms with Gasteiger partial charge in [0.1, 0.15) is 5.75 Å². The van der Waals surface area contributed by atoms with E-state index in [2.05, 4.69) is 12.6 Å². The van der Waals surface area contributed by atoms with Crippen LogP contribution >= 0.6 is 12.6 Å². The van der Waals surface area contributed by atoms with Gasteiger partial charge in [-0.1, -0.05) is 0 Å². The first-order valence-electron chi connectivity index (χ1n) is 2.66. The van der Waals surface area contributed by atoms with Crippen LogP contribution in [0.25, 0.3) is 0 Å². The maximum atomic E-state index is 9.00. The SMILES string of the molecule is N#Cc1ccc(S)c(O)c1.[Na+]. The second kappa shape index (κ2) is 4.68. The van der Waals surface area contributed by atoms with Crippen LogP contribution in [-0.4, -0.2) is 5.11 Å². The largest absolute Gasteiger partial charge is 1.00 e. The molecular formula is C7H5NNaOS+. The summed E-state index contributed by atoms with van der Waals surface area (Å²) in [6.07, 6.45) is 0. The Kier molecular flexibility index (Phi) is 4.62. The zero-order chi connectivity index (χ0) is 7.56. The molecular weight excluding hydrogens is 169 g/mol. The molecule has 0 fully saturated rings. The predicted octanol–water partition coefficient (Wildman–Crippen LogP) is -1.44. The molecule has 1 aromatic rings. The summed E-state index contributed by atoms with van der Waals surface area (Å²) in [5, 5.41) is 17.4. The van der Waals surface area contributed by atoms with E-state index >= 15 is 0 Å². The number of thiol groups is 1. The summed E-state index contributed by atoms with van der Waals surface area (Å²) in [4.78, 5) is 0.485. The van der Waals surface area contributed by atoms with Crippen molar-refractivity contribution in [1.82, 2.24) is 0 Å². The number of hydrogen-bond donors (Lipinski definition) is 2. The summed E-state index contributed by atoms with van der Waals surface area (Å²) in [6, 6.07) is 6.46. The number of phenols is 1. The smallest absolute Gasteiger partial charge is 0.507 e. The second-order valence-electron chi connectivity index (χ2n) is 1.82. The number of rotatable bonds is 0. The summed E-state index contributed by atoms with van der Waals surface area (Å²) in [5.41, 5.74) is 0.440. The zero-order valence-corrected chi connectivity index (χ0v) is 8.97. The minimum atomic E-state index is 0. The van der Waals surface area contributed by atoms with Gasteiger partial charge in [-0.05, 0) is 18.2 Å². The number of nitriles is 1. The van der Waals surface area contributed by atoms with Crippen molar-refractivity contribution in [2.45, 2.75) is 4.90 Å². The molecule has 2 nitrogen and oxygen atoms in total. The summed E-state index contributed by atoms with van der Waals surface area (Å²) in [5.74, 6) is 0.0439. The van der Waals surface area contributed by atoms with Gasteiger partial charge in [0.05, 0.1) is 11.6 Å². The van der Waals surface area contributed by atoms with Crippen molar-refractivity contribution < 1.29 is 34.7 Å². The third-order valence-electron chi connectivity index (χ3n) is 1.10. The van der Waals surface area contributed by atoms with E-state index in [0.29, 0.717) is 10.5 Å². The summed E-state index contributed by atoms with van der Waals surface area (Å²) in [7, 11) is 0. The van der Waals surface area contributed by atoms with E-state index < -0.39 is 0 Å². The third kappa shape index (κ3) is 2.76. The Hall–Kier alpha value is -0.140. The van der Waals surface area contributed by atoms with Gasteiger partial charge in [-0.25, -0.2) is 0 Å². The molecule has 0 saturated carbocycles. The minimum absolute atomic E-state index is 0. The maximum Gasteiger partial charge on any atom is 1.00 e. The van der Waals surface area contributed by atoms with Gasteiger partial charge < -0.3 is 5.11 Å². The molecule has 0 atom stereocenters. The number of phenolic OH excluding ortho intramolecular Hbond substituents is 1. The Bertz CT molecular complexity index is 295. The van der Waals surface area contributed by atoms with Gasteiger partial charge in [0.15, 0.2) is 0 Å². The Labute approximate surface area is 92.6 Å². The van der Waals surface area contributed by atoms with Crippen LogP contribution in [0.5, 0.6) is 5.75 Å². The number of nitrogens with zero attached hydrogens (tertiary/aromatic N) is 1. The fourth-order valence-corrected chi connectivity index (χ4v) is 0.732. The molecule has 0 aliphatic carbocycles. The topological polar surface area (TPSA) is 44.0 Å². The zero-order valence-electron chi connectivity index (χ0n) is 6.07. The number of aromatic hydroxyl groups is 1. The van der Waals surface area contributed by atoms with Crippen molar-refractivity contribution in [3.05, 3.63) is 23.8 Å². The van der Waals surface area contributed by atoms with Crippen molar-refractivity contribution in [3.8, 4) is 11.8 Å². The van der Waals surface area contributed by atoms with Crippen molar-refractivity contribution in [3.63, 3.8) is 0 Å². The Balaban J connectivity index is 0.000001000. The molecule has 0 aromatic heterocycles. The number of benzene rings is 1. The van der Waals surface area contributed by atoms with Crippen LogP contribution in [0.3, 0.4) is 0 Å². The van der Waals surface area contributed by atoms with E-state index in [1.807, 2.05) is 6.07 Å². The van der Waals surface area contributed by atoms with Gasteiger partial charge in [0.25, 0.3) is 0 Å². The molecule has 0 amide bonds. The molecule has 0 radical (unpaired) electrons. The van der Waals surface area contributed by atoms with E-state index in [4.69, 9.17) is 10.4 Å². The summed E-state index contributed by atoms with van der Waals surface area (Å²) >= 11 is 3.92. The molecule has 1 rings (SSSR count). The van der Waals surface area contributed by atoms with E-state index in [0.717, 1.165) is 0 Å². The molecule has 0 bridgehead atoms. The van der Waals surface area contributed by atoms with Crippen LogP contribution < -0.4 is 29.6 Å². The van der Waals surface area contributed by atoms with Crippen molar-refractivity contribution >= 4 is 12.6 Å². The van der Waals surface area contributed by atoms with Crippen LogP contribution in [0, 0.1) is 11.3 Å². The van der Waals surface area contributed by atoms with Crippen LogP contribution in [0.2, 0.25) is 0 Å². The van der Waals surface area contributed by atoms with E-state index in [-0.39, 0.29) is 35.3 Å². The van der Waals surface area contributed by atoms with Gasteiger partial charge in [0.2, 0.25) is 0 Å². The third-order valence-corrected chi connectivity index (χ3v) is 1.48. The second-order valence-corrected chi connectivity index (χ2v) is 2.30. The molecule has 0 aliphatic rings. The molecule has 1 aromatic carbocycles. The fraction of sp³-hybridized carbons (Fsp3) is 0. The first kappa shape index (κ1) is 10.9. The van der Waals surface area contributed by atoms with Crippen molar-refractivity contribution in [1.29, 1.82) is 5.26 Å². The van der Waals surface area contributed by atoms with Gasteiger partial charge in [-0.3, -0.25) is 0 Å². The first-order valence-corrected chi connectivity index (χ1v) is 3.11. The molecule has 50 valence electrons. The summed E-state index contributed by atoms with van der Waals surface area (Å²) < 4.78 is 0. The van der Waals surface area contributed by atoms with E-state index in [1.165, 1.54) is 6.07 Å². The molecule has 11 heavy (non-hydrogen) atoms. The van der Waals surface area contributed by atoms with Crippen molar-refractivity contribution in [2.24, 2.45) is 0 Å². The molecule has 0 saturated heterocycles. The average molecular weight is 174 g/mol. The Morgan fingerprint density at radius 3 is 2.55 bits per heavy atom. The molecule has 0 spiro atoms. The predicted molar refractivity (Wildman–Crippen MR) is 40.1 cm³/mol. The molecule has 4 heteroatoms. The van der Waals surface area contributed by atoms with Crippen LogP contribution in [0.15, 0.2) is 23.1 Å². The Morgan fingerprint density at radius 2 is 2.09 bits per heavy atom. The average Bonchev–Trinajstić information content (AvgIpc) is 1.95. The molecule has 0 heterocycles. The minimum Gasteiger partial charge on any atom is -0.507 e. The Morgan fingerprint density at radius 1 is 1.45 bits per heavy atom. The van der Waals surface area contributed by atoms with Gasteiger partial charge in [0, 0.05) is 4.90 Å². The monoisotopic (exact) mass is 174 g/mol. The van der Waals surface area contributed by atoms with Crippen LogP contribution in [-0.2, 0) is 0 Å². The van der Waals surface area contributed by atoms with Crippen LogP contribution in [0.1, 0.15) is 5.56 Å². The number of hydrogen-bond acceptors (Lipinski definition) is 3. The molecule has 0 aliphatic heterocycles. The normalized spacial score (nSPS) is 8.00. The van der Waals surface area contributed by atoms with Crippen LogP contribution in [0.4, 0.5) is 0 Å². The van der Waals surface area contributed by atoms with Gasteiger partial charge >= 0.3 is 29.6 Å². The standard InChI is InChI=1S/C7H5NOS.Na/c8-4-5-1-2-7(10)6(9)3-5;/h1-3,9-10H;/q;+1. The molecule has 0 unspecified atom stereocenters. The van der Waals surface area contributed by atoms with Gasteiger partial charge in [-0.15, -0.1) is 12.6 Å². The first-order chi connectivity index (χ1) is 4.74. The van der Waals surface area contributed by atoms with Gasteiger partial charge in [-0.2, -0.15) is 5.26 Å². The van der Waals surface area contributed by atoms with E-state index in [9.17, 15) is 0 Å². The van der Waals surface area contributed by atoms with Crippen molar-refractivity contribution in [2.75, 3.05) is 0 Å². The summed E-state index contributed by atoms with van der Waals surface area (Å²) in [6.45, 7) is 0. The quantitative estimate of drug-likeness (QED) is 0.373. The maximum absolute atomic E-state index is 9.00.